The summed E-state index contributed by atoms with van der Waals surface area (Å²) in [7, 11) is 0. The third kappa shape index (κ3) is 7.87. The molecule has 4 heteroatoms. The van der Waals surface area contributed by atoms with Gasteiger partial charge in [-0.3, -0.25) is 4.57 Å². The first-order chi connectivity index (χ1) is 40.1. The van der Waals surface area contributed by atoms with Crippen LogP contribution < -0.4 is 0 Å². The van der Waals surface area contributed by atoms with Crippen LogP contribution in [0.15, 0.2) is 303 Å². The largest absolute Gasteiger partial charge is 0.309 e. The highest BCUT2D eigenvalue weighted by Gasteiger charge is 2.21. The summed E-state index contributed by atoms with van der Waals surface area (Å²) in [5.74, 6) is 0.873. The highest BCUT2D eigenvalue weighted by atomic mass is 15.1. The molecule has 378 valence electrons. The molecule has 0 bridgehead atoms. The lowest BCUT2D eigenvalue weighted by Gasteiger charge is -2.13. The Hall–Kier alpha value is -10.8. The van der Waals surface area contributed by atoms with E-state index in [1.54, 1.807) is 0 Å². The monoisotopic (exact) mass is 1030 g/mol. The lowest BCUT2D eigenvalue weighted by atomic mass is 9.98. The topological polar surface area (TPSA) is 27.7 Å². The zero-order chi connectivity index (χ0) is 53.4. The number of aromatic nitrogens is 4. The van der Waals surface area contributed by atoms with E-state index >= 15 is 0 Å². The Morgan fingerprint density at radius 1 is 0.185 bits per heavy atom. The van der Waals surface area contributed by atoms with E-state index in [4.69, 9.17) is 4.98 Å². The molecule has 0 amide bonds. The summed E-state index contributed by atoms with van der Waals surface area (Å²) < 4.78 is 7.24. The number of nitrogens with zero attached hydrogens (tertiary/aromatic N) is 4. The van der Waals surface area contributed by atoms with E-state index < -0.39 is 0 Å². The van der Waals surface area contributed by atoms with Gasteiger partial charge >= 0.3 is 0 Å². The Labute approximate surface area is 469 Å². The third-order valence-corrected chi connectivity index (χ3v) is 16.4. The average molecular weight is 1030 g/mol. The molecule has 0 aliphatic carbocycles. The predicted octanol–water partition coefficient (Wildman–Crippen LogP) is 20.4. The van der Waals surface area contributed by atoms with E-state index in [0.717, 1.165) is 72.8 Å². The summed E-state index contributed by atoms with van der Waals surface area (Å²) in [4.78, 5) is 5.47. The van der Waals surface area contributed by atoms with Crippen LogP contribution in [-0.4, -0.2) is 18.7 Å². The number of para-hydroxylation sites is 1. The van der Waals surface area contributed by atoms with Crippen LogP contribution in [-0.2, 0) is 0 Å². The highest BCUT2D eigenvalue weighted by Crippen LogP contribution is 2.43. The van der Waals surface area contributed by atoms with Crippen molar-refractivity contribution < 1.29 is 0 Å². The molecular formula is C77H50N4. The Morgan fingerprint density at radius 3 is 0.877 bits per heavy atom. The van der Waals surface area contributed by atoms with Crippen LogP contribution in [0, 0.1) is 0 Å². The number of pyridine rings is 1. The number of fused-ring (bicyclic) bond motifs is 9. The van der Waals surface area contributed by atoms with Gasteiger partial charge in [0, 0.05) is 49.3 Å². The van der Waals surface area contributed by atoms with Gasteiger partial charge < -0.3 is 9.13 Å². The molecule has 0 aliphatic heterocycles. The Bertz CT molecular complexity index is 5000. The SMILES string of the molecule is c1ccc(-c2cc(-c3ccccc3)nc(-n3c4ccc(-c5ccccc5)cc4c4cc(-c5ccc6c(c5)c5cc(-c7ccccc7)ccc5n6-c5ccc6c(c5)c5cc(-c7ccccc7)ccc5n6-c5ccccc5)ccc43)c2)cc1. The maximum absolute atomic E-state index is 5.47. The van der Waals surface area contributed by atoms with E-state index in [-0.39, 0.29) is 0 Å². The third-order valence-electron chi connectivity index (χ3n) is 16.4. The van der Waals surface area contributed by atoms with Crippen molar-refractivity contribution in [1.82, 2.24) is 18.7 Å². The number of benzene rings is 12. The van der Waals surface area contributed by atoms with Crippen molar-refractivity contribution in [3.8, 4) is 84.1 Å². The van der Waals surface area contributed by atoms with Crippen LogP contribution in [0.2, 0.25) is 0 Å². The molecule has 12 aromatic carbocycles. The van der Waals surface area contributed by atoms with Crippen molar-refractivity contribution in [3.05, 3.63) is 303 Å². The van der Waals surface area contributed by atoms with Crippen LogP contribution in [0.4, 0.5) is 0 Å². The van der Waals surface area contributed by atoms with E-state index in [0.29, 0.717) is 0 Å². The van der Waals surface area contributed by atoms with Gasteiger partial charge in [0.1, 0.15) is 5.82 Å². The minimum absolute atomic E-state index is 0.873. The van der Waals surface area contributed by atoms with Gasteiger partial charge in [-0.05, 0) is 159 Å². The minimum Gasteiger partial charge on any atom is -0.309 e. The zero-order valence-electron chi connectivity index (χ0n) is 44.2. The molecule has 0 atom stereocenters. The quantitative estimate of drug-likeness (QED) is 0.142. The zero-order valence-corrected chi connectivity index (χ0v) is 44.2. The van der Waals surface area contributed by atoms with E-state index in [1.165, 1.54) is 76.7 Å². The maximum atomic E-state index is 5.47. The highest BCUT2D eigenvalue weighted by molar-refractivity contribution is 6.15. The van der Waals surface area contributed by atoms with Gasteiger partial charge in [-0.1, -0.05) is 200 Å². The molecule has 0 saturated carbocycles. The van der Waals surface area contributed by atoms with Gasteiger partial charge in [-0.15, -0.1) is 0 Å². The average Bonchev–Trinajstić information content (AvgIpc) is 3.73. The Kier molecular flexibility index (Phi) is 10.8. The second-order valence-corrected chi connectivity index (χ2v) is 21.1. The Morgan fingerprint density at radius 2 is 0.481 bits per heavy atom. The van der Waals surface area contributed by atoms with E-state index in [2.05, 4.69) is 317 Å². The van der Waals surface area contributed by atoms with Crippen molar-refractivity contribution in [2.24, 2.45) is 0 Å². The molecule has 4 aromatic heterocycles. The van der Waals surface area contributed by atoms with Crippen molar-refractivity contribution >= 4 is 65.4 Å². The molecule has 0 fully saturated rings. The fourth-order valence-corrected chi connectivity index (χ4v) is 12.6. The summed E-state index contributed by atoms with van der Waals surface area (Å²) in [5.41, 5.74) is 22.8. The first kappa shape index (κ1) is 46.3. The fraction of sp³-hybridized carbons (Fsp3) is 0. The van der Waals surface area contributed by atoms with Crippen LogP contribution in [0.5, 0.6) is 0 Å². The first-order valence-electron chi connectivity index (χ1n) is 27.8. The number of hydrogen-bond donors (Lipinski definition) is 0. The lowest BCUT2D eigenvalue weighted by Crippen LogP contribution is -2.00. The number of rotatable bonds is 9. The number of hydrogen-bond acceptors (Lipinski definition) is 1. The van der Waals surface area contributed by atoms with Gasteiger partial charge in [0.2, 0.25) is 0 Å². The molecule has 0 saturated heterocycles. The minimum atomic E-state index is 0.873. The van der Waals surface area contributed by atoms with E-state index in [1.807, 2.05) is 0 Å². The fourth-order valence-electron chi connectivity index (χ4n) is 12.6. The summed E-state index contributed by atoms with van der Waals surface area (Å²) in [6.45, 7) is 0. The Balaban J connectivity index is 0.904. The van der Waals surface area contributed by atoms with Gasteiger partial charge in [0.25, 0.3) is 0 Å². The second kappa shape index (κ2) is 19.0. The molecule has 4 heterocycles. The molecule has 0 radical (unpaired) electrons. The summed E-state index contributed by atoms with van der Waals surface area (Å²) in [6, 6.07) is 110. The molecule has 16 rings (SSSR count). The van der Waals surface area contributed by atoms with Crippen LogP contribution in [0.1, 0.15) is 0 Å². The molecule has 0 N–H and O–H groups in total. The van der Waals surface area contributed by atoms with Crippen molar-refractivity contribution in [2.45, 2.75) is 0 Å². The van der Waals surface area contributed by atoms with Gasteiger partial charge in [-0.25, -0.2) is 4.98 Å². The van der Waals surface area contributed by atoms with E-state index in [9.17, 15) is 0 Å². The van der Waals surface area contributed by atoms with Crippen molar-refractivity contribution in [3.63, 3.8) is 0 Å². The second-order valence-electron chi connectivity index (χ2n) is 21.1. The molecule has 81 heavy (non-hydrogen) atoms. The van der Waals surface area contributed by atoms with Crippen LogP contribution in [0.25, 0.3) is 150 Å². The van der Waals surface area contributed by atoms with Crippen LogP contribution >= 0.6 is 0 Å². The summed E-state index contributed by atoms with van der Waals surface area (Å²) >= 11 is 0. The van der Waals surface area contributed by atoms with Crippen LogP contribution in [0.3, 0.4) is 0 Å². The lowest BCUT2D eigenvalue weighted by molar-refractivity contribution is 1.08. The van der Waals surface area contributed by atoms with Crippen molar-refractivity contribution in [2.75, 3.05) is 0 Å². The van der Waals surface area contributed by atoms with Crippen molar-refractivity contribution in [1.29, 1.82) is 0 Å². The summed E-state index contributed by atoms with van der Waals surface area (Å²) in [5, 5.41) is 7.17. The standard InChI is InChI=1S/C77H50N4/c1-7-19-51(20-8-1)56-32-38-72-64(43-56)65-46-59(34-39-73(65)80(72)63-36-42-74-69(50-63)68-45-57(52-21-9-2-10-22-52)31-37-71(68)79(74)62-29-17-6-18-30-62)60-35-41-76-67(47-60)66-44-58(53-23-11-3-12-24-53)33-40-75(66)81(76)77-49-61(54-25-13-4-14-26-54)48-70(78-77)55-27-15-5-16-28-55/h1-50H. The normalized spacial score (nSPS) is 11.7. The molecule has 0 spiro atoms. The van der Waals surface area contributed by atoms with Gasteiger partial charge in [0.05, 0.1) is 38.8 Å². The van der Waals surface area contributed by atoms with Gasteiger partial charge in [0.15, 0.2) is 0 Å². The predicted molar refractivity (Wildman–Crippen MR) is 340 cm³/mol. The molecule has 0 unspecified atom stereocenters. The maximum Gasteiger partial charge on any atom is 0.138 e. The molecule has 0 aliphatic rings. The molecule has 4 nitrogen and oxygen atoms in total. The smallest absolute Gasteiger partial charge is 0.138 e. The van der Waals surface area contributed by atoms with Gasteiger partial charge in [-0.2, -0.15) is 0 Å². The first-order valence-corrected chi connectivity index (χ1v) is 27.8. The molecular weight excluding hydrogens is 981 g/mol. The molecule has 16 aromatic rings. The summed E-state index contributed by atoms with van der Waals surface area (Å²) in [6.07, 6.45) is 0.